The van der Waals surface area contributed by atoms with Crippen molar-refractivity contribution in [2.45, 2.75) is 97.8 Å². The summed E-state index contributed by atoms with van der Waals surface area (Å²) in [5.41, 5.74) is 22.1. The summed E-state index contributed by atoms with van der Waals surface area (Å²) in [6, 6.07) is 54.9. The molecular formula is C62H59BN4O. The summed E-state index contributed by atoms with van der Waals surface area (Å²) < 4.78 is 7.66. The lowest BCUT2D eigenvalue weighted by molar-refractivity contribution is 0.454. The van der Waals surface area contributed by atoms with Gasteiger partial charge in [0.1, 0.15) is 0 Å². The number of nitrogens with zero attached hydrogens (tertiary/aromatic N) is 4. The molecule has 12 rings (SSSR count). The Kier molecular flexibility index (Phi) is 9.01. The minimum atomic E-state index is -0.398. The van der Waals surface area contributed by atoms with Crippen LogP contribution in [0.15, 0.2) is 158 Å². The van der Waals surface area contributed by atoms with Crippen LogP contribution in [0, 0.1) is 0 Å². The molecular weight excluding hydrogens is 828 g/mol. The van der Waals surface area contributed by atoms with Gasteiger partial charge in [-0.1, -0.05) is 137 Å². The number of benzene rings is 7. The zero-order chi connectivity index (χ0) is 47.2. The molecule has 7 aromatic carbocycles. The van der Waals surface area contributed by atoms with E-state index in [-0.39, 0.29) is 23.1 Å². The second-order valence-electron chi connectivity index (χ2n) is 23.0. The highest BCUT2D eigenvalue weighted by Crippen LogP contribution is 2.63. The van der Waals surface area contributed by atoms with E-state index in [9.17, 15) is 0 Å². The molecule has 4 aliphatic heterocycles. The molecule has 0 saturated heterocycles. The van der Waals surface area contributed by atoms with E-state index >= 15 is 0 Å². The molecule has 0 unspecified atom stereocenters. The summed E-state index contributed by atoms with van der Waals surface area (Å²) in [4.78, 5) is 12.1. The van der Waals surface area contributed by atoms with Crippen LogP contribution >= 0.6 is 0 Å². The van der Waals surface area contributed by atoms with E-state index in [1.165, 1.54) is 66.9 Å². The van der Waals surface area contributed by atoms with E-state index in [1.54, 1.807) is 0 Å². The Balaban J connectivity index is 1.20. The van der Waals surface area contributed by atoms with Gasteiger partial charge < -0.3 is 19.3 Å². The van der Waals surface area contributed by atoms with Crippen molar-refractivity contribution in [1.29, 1.82) is 0 Å². The molecule has 0 aliphatic carbocycles. The monoisotopic (exact) mass is 886 g/mol. The number of anilines is 8. The predicted octanol–water partition coefficient (Wildman–Crippen LogP) is 15.6. The summed E-state index contributed by atoms with van der Waals surface area (Å²) >= 11 is 0. The first-order chi connectivity index (χ1) is 32.4. The number of ether oxygens (including phenoxy) is 1. The summed E-state index contributed by atoms with van der Waals surface area (Å²) in [5.74, 6) is 1.81. The second-order valence-corrected chi connectivity index (χ2v) is 23.0. The van der Waals surface area contributed by atoms with Crippen molar-refractivity contribution in [2.75, 3.05) is 14.6 Å². The van der Waals surface area contributed by atoms with Crippen LogP contribution in [0.3, 0.4) is 0 Å². The van der Waals surface area contributed by atoms with Crippen LogP contribution in [-0.2, 0) is 21.7 Å². The highest BCUT2D eigenvalue weighted by atomic mass is 16.5. The van der Waals surface area contributed by atoms with Gasteiger partial charge in [0.05, 0.1) is 22.7 Å². The van der Waals surface area contributed by atoms with Gasteiger partial charge in [0, 0.05) is 51.7 Å². The second kappa shape index (κ2) is 14.5. The van der Waals surface area contributed by atoms with E-state index < -0.39 is 5.41 Å². The zero-order valence-electron chi connectivity index (χ0n) is 41.3. The number of hydrogen-bond acceptors (Lipinski definition) is 5. The molecule has 0 N–H and O–H groups in total. The third-order valence-electron chi connectivity index (χ3n) is 15.1. The van der Waals surface area contributed by atoms with Gasteiger partial charge >= 0.3 is 6.85 Å². The van der Waals surface area contributed by atoms with Gasteiger partial charge in [-0.2, -0.15) is 0 Å². The molecule has 0 bridgehead atoms. The third-order valence-corrected chi connectivity index (χ3v) is 15.1. The van der Waals surface area contributed by atoms with Crippen molar-refractivity contribution >= 4 is 63.3 Å². The largest absolute Gasteiger partial charge is 0.453 e. The fourth-order valence-electron chi connectivity index (χ4n) is 11.5. The fraction of sp³-hybridized carbons (Fsp3) is 0.242. The molecule has 0 spiro atoms. The predicted molar refractivity (Wildman–Crippen MR) is 286 cm³/mol. The Labute approximate surface area is 403 Å². The topological polar surface area (TPSA) is 31.8 Å². The van der Waals surface area contributed by atoms with Crippen molar-refractivity contribution in [3.63, 3.8) is 0 Å². The molecule has 0 fully saturated rings. The van der Waals surface area contributed by atoms with Crippen LogP contribution in [0.4, 0.5) is 45.5 Å². The molecule has 5 heterocycles. The number of rotatable bonds is 3. The van der Waals surface area contributed by atoms with Gasteiger partial charge in [0.25, 0.3) is 0 Å². The molecule has 0 amide bonds. The van der Waals surface area contributed by atoms with Gasteiger partial charge in [0.2, 0.25) is 0 Å². The SMILES string of the molecule is CC(C)(C)c1ccc(N2c3cc(C(C)(C)C)ccc3B3c4c(cc(-c5ccncc5)cc42)-c2cc(C(C)(C)C)cc4c2N3c2ccc3c(c2O4)C(C)(C)c2ccccc2N3c2ccccc2)cc1. The van der Waals surface area contributed by atoms with Crippen LogP contribution in [0.2, 0.25) is 0 Å². The van der Waals surface area contributed by atoms with Crippen LogP contribution in [0.25, 0.3) is 22.3 Å². The molecule has 5 nitrogen and oxygen atoms in total. The standard InChI is InChI=1S/C62H59BN4O/c1-59(2,3)40-21-24-44(25-22-40)66-52-36-41(60(4,5)6)23-26-48(52)63-56-45(33-39(34-53(56)66)38-29-31-64-32-30-38)46-35-42(61(7,8)9)37-54-57(46)67(63)51-28-27-50-55(58(51)68-54)62(10,11)47-19-15-16-20-49(47)65(50)43-17-13-12-14-18-43/h12-37H,1-11H3. The first kappa shape index (κ1) is 42.3. The Hall–Kier alpha value is -7.05. The highest BCUT2D eigenvalue weighted by molar-refractivity contribution is 6.93. The average molecular weight is 887 g/mol. The van der Waals surface area contributed by atoms with E-state index in [0.29, 0.717) is 0 Å². The maximum atomic E-state index is 7.66. The number of aromatic nitrogens is 1. The summed E-state index contributed by atoms with van der Waals surface area (Å²) in [5, 5.41) is 0. The molecule has 0 atom stereocenters. The van der Waals surface area contributed by atoms with E-state index in [0.717, 1.165) is 51.1 Å². The summed E-state index contributed by atoms with van der Waals surface area (Å²) in [6.45, 7) is 25.4. The van der Waals surface area contributed by atoms with Gasteiger partial charge in [-0.15, -0.1) is 0 Å². The average Bonchev–Trinajstić information content (AvgIpc) is 3.31. The zero-order valence-corrected chi connectivity index (χ0v) is 41.3. The summed E-state index contributed by atoms with van der Waals surface area (Å²) in [6.07, 6.45) is 3.82. The molecule has 0 radical (unpaired) electrons. The van der Waals surface area contributed by atoms with Gasteiger partial charge in [-0.3, -0.25) is 4.98 Å². The molecule has 4 aliphatic rings. The fourth-order valence-corrected chi connectivity index (χ4v) is 11.5. The van der Waals surface area contributed by atoms with E-state index in [2.05, 4.69) is 241 Å². The lowest BCUT2D eigenvalue weighted by Crippen LogP contribution is -2.62. The van der Waals surface area contributed by atoms with Crippen molar-refractivity contribution in [2.24, 2.45) is 0 Å². The molecule has 0 saturated carbocycles. The minimum Gasteiger partial charge on any atom is -0.453 e. The molecule has 336 valence electrons. The van der Waals surface area contributed by atoms with Crippen LogP contribution in [-0.4, -0.2) is 11.8 Å². The Morgan fingerprint density at radius 3 is 1.84 bits per heavy atom. The normalized spacial score (nSPS) is 15.1. The van der Waals surface area contributed by atoms with Gasteiger partial charge in [0.15, 0.2) is 11.5 Å². The lowest BCUT2D eigenvalue weighted by Gasteiger charge is -2.50. The lowest BCUT2D eigenvalue weighted by atomic mass is 9.43. The molecule has 6 heteroatoms. The minimum absolute atomic E-state index is 0.0210. The number of para-hydroxylation sites is 2. The molecule has 68 heavy (non-hydrogen) atoms. The van der Waals surface area contributed by atoms with Crippen molar-refractivity contribution in [1.82, 2.24) is 4.98 Å². The van der Waals surface area contributed by atoms with E-state index in [1.807, 2.05) is 12.4 Å². The maximum absolute atomic E-state index is 7.66. The van der Waals surface area contributed by atoms with Crippen LogP contribution in [0.1, 0.15) is 104 Å². The van der Waals surface area contributed by atoms with Gasteiger partial charge in [-0.05, 0) is 151 Å². The third kappa shape index (κ3) is 6.25. The first-order valence-corrected chi connectivity index (χ1v) is 24.3. The maximum Gasteiger partial charge on any atom is 0.333 e. The number of hydrogen-bond donors (Lipinski definition) is 0. The summed E-state index contributed by atoms with van der Waals surface area (Å²) in [7, 11) is 0. The van der Waals surface area contributed by atoms with E-state index in [4.69, 9.17) is 4.74 Å². The van der Waals surface area contributed by atoms with Crippen LogP contribution in [0.5, 0.6) is 11.5 Å². The van der Waals surface area contributed by atoms with Crippen molar-refractivity contribution in [3.8, 4) is 33.8 Å². The number of fused-ring (bicyclic) bond motifs is 9. The van der Waals surface area contributed by atoms with Crippen LogP contribution < -0.4 is 30.3 Å². The van der Waals surface area contributed by atoms with Crippen molar-refractivity contribution in [3.05, 3.63) is 186 Å². The Bertz CT molecular complexity index is 3360. The smallest absolute Gasteiger partial charge is 0.333 e. The van der Waals surface area contributed by atoms with Crippen molar-refractivity contribution < 1.29 is 4.74 Å². The van der Waals surface area contributed by atoms with Gasteiger partial charge in [-0.25, -0.2) is 0 Å². The molecule has 1 aromatic heterocycles. The Morgan fingerprint density at radius 2 is 1.13 bits per heavy atom. The quantitative estimate of drug-likeness (QED) is 0.165. The first-order valence-electron chi connectivity index (χ1n) is 24.3. The Morgan fingerprint density at radius 1 is 0.500 bits per heavy atom. The highest BCUT2D eigenvalue weighted by Gasteiger charge is 2.51. The number of pyridine rings is 1. The molecule has 8 aromatic rings.